The molecule has 0 spiro atoms. The minimum atomic E-state index is -0.0969. The number of hydrogen-bond acceptors (Lipinski definition) is 1. The summed E-state index contributed by atoms with van der Waals surface area (Å²) < 4.78 is 0. The van der Waals surface area contributed by atoms with E-state index in [-0.39, 0.29) is 6.10 Å². The maximum Gasteiger partial charge on any atom is 0.0602 e. The second-order valence-corrected chi connectivity index (χ2v) is 4.08. The quantitative estimate of drug-likeness (QED) is 0.613. The van der Waals surface area contributed by atoms with Crippen molar-refractivity contribution in [3.63, 3.8) is 0 Å². The van der Waals surface area contributed by atoms with Crippen LogP contribution in [0.2, 0.25) is 0 Å². The highest BCUT2D eigenvalue weighted by atomic mass is 16.3. The third kappa shape index (κ3) is 1.34. The molecule has 0 bridgehead atoms. The summed E-state index contributed by atoms with van der Waals surface area (Å²) in [5.41, 5.74) is 0. The van der Waals surface area contributed by atoms with Crippen molar-refractivity contribution in [2.24, 2.45) is 17.8 Å². The SMILES string of the molecule is C=CCC(O)C1CC2CC2C1. The lowest BCUT2D eigenvalue weighted by atomic mass is 9.95. The molecule has 2 aliphatic carbocycles. The fraction of sp³-hybridized carbons (Fsp3) is 0.800. The Morgan fingerprint density at radius 2 is 2.00 bits per heavy atom. The van der Waals surface area contributed by atoms with Crippen LogP contribution in [0.3, 0.4) is 0 Å². The van der Waals surface area contributed by atoms with Crippen molar-refractivity contribution in [3.8, 4) is 0 Å². The third-order valence-corrected chi connectivity index (χ3v) is 3.23. The minimum absolute atomic E-state index is 0.0969. The van der Waals surface area contributed by atoms with Crippen molar-refractivity contribution >= 4 is 0 Å². The molecule has 0 aromatic heterocycles. The van der Waals surface area contributed by atoms with Crippen LogP contribution in [0.1, 0.15) is 25.7 Å². The molecule has 3 atom stereocenters. The lowest BCUT2D eigenvalue weighted by molar-refractivity contribution is 0.107. The minimum Gasteiger partial charge on any atom is -0.393 e. The summed E-state index contributed by atoms with van der Waals surface area (Å²) in [5.74, 6) is 2.57. The number of fused-ring (bicyclic) bond motifs is 1. The molecule has 2 saturated carbocycles. The Bertz CT molecular complexity index is 154. The summed E-state index contributed by atoms with van der Waals surface area (Å²) in [6.07, 6.45) is 6.51. The van der Waals surface area contributed by atoms with Gasteiger partial charge in [0, 0.05) is 0 Å². The average molecular weight is 152 g/mol. The highest BCUT2D eigenvalue weighted by Gasteiger charge is 2.47. The first-order chi connectivity index (χ1) is 5.31. The standard InChI is InChI=1S/C10H16O/c1-2-3-10(11)9-5-7-4-8(7)6-9/h2,7-11H,1,3-6H2. The topological polar surface area (TPSA) is 20.2 Å². The Morgan fingerprint density at radius 3 is 2.55 bits per heavy atom. The maximum absolute atomic E-state index is 9.62. The fourth-order valence-corrected chi connectivity index (χ4v) is 2.44. The molecule has 11 heavy (non-hydrogen) atoms. The van der Waals surface area contributed by atoms with Crippen LogP contribution in [0.15, 0.2) is 12.7 Å². The summed E-state index contributed by atoms with van der Waals surface area (Å²) in [5, 5.41) is 9.62. The van der Waals surface area contributed by atoms with Gasteiger partial charge in [0.1, 0.15) is 0 Å². The van der Waals surface area contributed by atoms with Gasteiger partial charge in [-0.1, -0.05) is 6.08 Å². The van der Waals surface area contributed by atoms with Gasteiger partial charge in [-0.2, -0.15) is 0 Å². The predicted octanol–water partition coefficient (Wildman–Crippen LogP) is 1.97. The zero-order valence-electron chi connectivity index (χ0n) is 6.87. The number of hydrogen-bond donors (Lipinski definition) is 1. The van der Waals surface area contributed by atoms with Gasteiger partial charge in [0.15, 0.2) is 0 Å². The van der Waals surface area contributed by atoms with E-state index in [1.54, 1.807) is 0 Å². The first-order valence-electron chi connectivity index (χ1n) is 4.60. The number of rotatable bonds is 3. The molecule has 2 fully saturated rings. The van der Waals surface area contributed by atoms with E-state index in [0.29, 0.717) is 5.92 Å². The molecule has 62 valence electrons. The van der Waals surface area contributed by atoms with Crippen molar-refractivity contribution in [1.82, 2.24) is 0 Å². The van der Waals surface area contributed by atoms with E-state index < -0.39 is 0 Å². The van der Waals surface area contributed by atoms with Crippen LogP contribution in [0.5, 0.6) is 0 Å². The van der Waals surface area contributed by atoms with Crippen molar-refractivity contribution in [3.05, 3.63) is 12.7 Å². The van der Waals surface area contributed by atoms with E-state index in [1.165, 1.54) is 19.3 Å². The van der Waals surface area contributed by atoms with Gasteiger partial charge in [0.25, 0.3) is 0 Å². The largest absolute Gasteiger partial charge is 0.393 e. The van der Waals surface area contributed by atoms with Crippen molar-refractivity contribution in [1.29, 1.82) is 0 Å². The average Bonchev–Trinajstić information content (AvgIpc) is 2.59. The summed E-state index contributed by atoms with van der Waals surface area (Å²) in [7, 11) is 0. The van der Waals surface area contributed by atoms with Crippen LogP contribution in [-0.2, 0) is 0 Å². The zero-order chi connectivity index (χ0) is 7.84. The predicted molar refractivity (Wildman–Crippen MR) is 45.1 cm³/mol. The van der Waals surface area contributed by atoms with Crippen molar-refractivity contribution in [2.45, 2.75) is 31.8 Å². The first-order valence-corrected chi connectivity index (χ1v) is 4.60. The molecule has 1 N–H and O–H groups in total. The van der Waals surface area contributed by atoms with Crippen LogP contribution in [0, 0.1) is 17.8 Å². The van der Waals surface area contributed by atoms with E-state index >= 15 is 0 Å². The second kappa shape index (κ2) is 2.63. The van der Waals surface area contributed by atoms with Gasteiger partial charge in [-0.25, -0.2) is 0 Å². The summed E-state index contributed by atoms with van der Waals surface area (Å²) in [4.78, 5) is 0. The molecule has 1 nitrogen and oxygen atoms in total. The Kier molecular flexibility index (Phi) is 1.76. The van der Waals surface area contributed by atoms with Crippen LogP contribution >= 0.6 is 0 Å². The van der Waals surface area contributed by atoms with Gasteiger partial charge < -0.3 is 5.11 Å². The monoisotopic (exact) mass is 152 g/mol. The van der Waals surface area contributed by atoms with Crippen LogP contribution in [0.4, 0.5) is 0 Å². The van der Waals surface area contributed by atoms with Gasteiger partial charge >= 0.3 is 0 Å². The molecule has 0 saturated heterocycles. The highest BCUT2D eigenvalue weighted by molar-refractivity contribution is 4.98. The van der Waals surface area contributed by atoms with E-state index in [2.05, 4.69) is 6.58 Å². The maximum atomic E-state index is 9.62. The van der Waals surface area contributed by atoms with Crippen LogP contribution < -0.4 is 0 Å². The molecule has 0 radical (unpaired) electrons. The summed E-state index contributed by atoms with van der Waals surface area (Å²) in [6, 6.07) is 0. The normalized spacial score (nSPS) is 43.2. The van der Waals surface area contributed by atoms with E-state index in [4.69, 9.17) is 0 Å². The second-order valence-electron chi connectivity index (χ2n) is 4.08. The van der Waals surface area contributed by atoms with Gasteiger partial charge in [-0.05, 0) is 43.4 Å². The Hall–Kier alpha value is -0.300. The number of aliphatic hydroxyl groups is 1. The van der Waals surface area contributed by atoms with E-state index in [1.807, 2.05) is 6.08 Å². The molecule has 2 aliphatic rings. The Morgan fingerprint density at radius 1 is 1.36 bits per heavy atom. The molecule has 0 amide bonds. The molecule has 3 unspecified atom stereocenters. The third-order valence-electron chi connectivity index (χ3n) is 3.23. The molecular formula is C10H16O. The van der Waals surface area contributed by atoms with E-state index in [0.717, 1.165) is 18.3 Å². The lowest BCUT2D eigenvalue weighted by Crippen LogP contribution is -2.17. The Balaban J connectivity index is 1.81. The molecule has 0 aromatic rings. The fourth-order valence-electron chi connectivity index (χ4n) is 2.44. The molecule has 2 rings (SSSR count). The molecule has 1 heteroatoms. The summed E-state index contributed by atoms with van der Waals surface area (Å²) >= 11 is 0. The lowest BCUT2D eigenvalue weighted by Gasteiger charge is -2.17. The smallest absolute Gasteiger partial charge is 0.0602 e. The van der Waals surface area contributed by atoms with Crippen LogP contribution in [0.25, 0.3) is 0 Å². The van der Waals surface area contributed by atoms with Gasteiger partial charge in [0.05, 0.1) is 6.10 Å². The van der Waals surface area contributed by atoms with Gasteiger partial charge in [-0.15, -0.1) is 6.58 Å². The molecule has 0 aromatic carbocycles. The molecular weight excluding hydrogens is 136 g/mol. The highest BCUT2D eigenvalue weighted by Crippen LogP contribution is 2.55. The van der Waals surface area contributed by atoms with E-state index in [9.17, 15) is 5.11 Å². The number of aliphatic hydroxyl groups excluding tert-OH is 1. The zero-order valence-corrected chi connectivity index (χ0v) is 6.87. The Labute approximate surface area is 68.1 Å². The van der Waals surface area contributed by atoms with Crippen molar-refractivity contribution < 1.29 is 5.11 Å². The first kappa shape index (κ1) is 7.35. The molecule has 0 heterocycles. The molecule has 0 aliphatic heterocycles. The van der Waals surface area contributed by atoms with Gasteiger partial charge in [-0.3, -0.25) is 0 Å². The van der Waals surface area contributed by atoms with Crippen LogP contribution in [-0.4, -0.2) is 11.2 Å². The van der Waals surface area contributed by atoms with Crippen molar-refractivity contribution in [2.75, 3.05) is 0 Å². The van der Waals surface area contributed by atoms with Gasteiger partial charge in [0.2, 0.25) is 0 Å². The summed E-state index contributed by atoms with van der Waals surface area (Å²) in [6.45, 7) is 3.64.